The minimum absolute atomic E-state index is 0.0642. The summed E-state index contributed by atoms with van der Waals surface area (Å²) >= 11 is 7.50. The lowest BCUT2D eigenvalue weighted by Crippen LogP contribution is -2.66. The van der Waals surface area contributed by atoms with Crippen molar-refractivity contribution in [3.8, 4) is 0 Å². The van der Waals surface area contributed by atoms with Crippen LogP contribution in [0.1, 0.15) is 11.1 Å². The number of nitrogens with zero attached hydrogens (tertiary/aromatic N) is 2. The maximum absolute atomic E-state index is 12.9. The van der Waals surface area contributed by atoms with E-state index in [1.165, 1.54) is 16.7 Å². The number of hydrogen-bond donors (Lipinski definition) is 0. The van der Waals surface area contributed by atoms with Crippen molar-refractivity contribution in [1.82, 2.24) is 4.90 Å². The highest BCUT2D eigenvalue weighted by atomic mass is 35.5. The number of β-lactam (4-membered cyclic amide) rings is 1. The summed E-state index contributed by atoms with van der Waals surface area (Å²) in [6.45, 7) is 4.04. The summed E-state index contributed by atoms with van der Waals surface area (Å²) in [7, 11) is 0. The molecule has 1 amide bonds. The van der Waals surface area contributed by atoms with Gasteiger partial charge in [-0.3, -0.25) is 9.79 Å². The van der Waals surface area contributed by atoms with Crippen LogP contribution in [0.3, 0.4) is 0 Å². The van der Waals surface area contributed by atoms with E-state index in [0.29, 0.717) is 12.0 Å². The van der Waals surface area contributed by atoms with Crippen molar-refractivity contribution in [1.29, 1.82) is 0 Å². The Hall–Kier alpha value is -2.57. The van der Waals surface area contributed by atoms with Gasteiger partial charge in [-0.15, -0.1) is 11.6 Å². The van der Waals surface area contributed by atoms with Gasteiger partial charge in [-0.25, -0.2) is 4.79 Å². The molecule has 1 saturated heterocycles. The van der Waals surface area contributed by atoms with Crippen LogP contribution in [0.15, 0.2) is 77.8 Å². The molecule has 0 spiro atoms. The van der Waals surface area contributed by atoms with Gasteiger partial charge < -0.3 is 9.64 Å². The fourth-order valence-electron chi connectivity index (χ4n) is 3.52. The Morgan fingerprint density at radius 1 is 1.13 bits per heavy atom. The third-order valence-corrected chi connectivity index (χ3v) is 6.67. The number of likely N-dealkylation sites (tertiary alicyclic amines) is 1. The molecule has 2 aromatic rings. The van der Waals surface area contributed by atoms with Crippen LogP contribution in [-0.4, -0.2) is 45.2 Å². The Kier molecular flexibility index (Phi) is 6.25. The van der Waals surface area contributed by atoms with Crippen LogP contribution in [0.5, 0.6) is 0 Å². The average Bonchev–Trinajstić information content (AvgIpc) is 3.15. The highest BCUT2D eigenvalue weighted by Crippen LogP contribution is 2.42. The third kappa shape index (κ3) is 4.16. The first kappa shape index (κ1) is 20.7. The van der Waals surface area contributed by atoms with Gasteiger partial charge in [0.25, 0.3) is 5.91 Å². The van der Waals surface area contributed by atoms with E-state index in [0.717, 1.165) is 16.2 Å². The maximum Gasteiger partial charge on any atom is 0.333 e. The highest BCUT2D eigenvalue weighted by molar-refractivity contribution is 8.14. The van der Waals surface area contributed by atoms with Crippen molar-refractivity contribution in [2.45, 2.75) is 30.5 Å². The second-order valence-corrected chi connectivity index (χ2v) is 8.63. The van der Waals surface area contributed by atoms with E-state index in [9.17, 15) is 9.59 Å². The smallest absolute Gasteiger partial charge is 0.333 e. The summed E-state index contributed by atoms with van der Waals surface area (Å²) < 4.78 is 5.49. The van der Waals surface area contributed by atoms with E-state index in [1.54, 1.807) is 0 Å². The molecule has 2 heterocycles. The molecule has 0 aromatic heterocycles. The van der Waals surface area contributed by atoms with Gasteiger partial charge in [0.15, 0.2) is 12.1 Å². The first-order valence-corrected chi connectivity index (χ1v) is 11.0. The van der Waals surface area contributed by atoms with Gasteiger partial charge in [0.1, 0.15) is 12.0 Å². The molecule has 0 radical (unpaired) electrons. The second-order valence-electron chi connectivity index (χ2n) is 7.17. The highest BCUT2D eigenvalue weighted by Gasteiger charge is 2.56. The molecule has 4 rings (SSSR count). The summed E-state index contributed by atoms with van der Waals surface area (Å²) in [5.74, 6) is -0.647. The van der Waals surface area contributed by atoms with Crippen molar-refractivity contribution in [2.24, 2.45) is 4.99 Å². The topological polar surface area (TPSA) is 59.0 Å². The molecule has 0 N–H and O–H groups in total. The van der Waals surface area contributed by atoms with E-state index in [4.69, 9.17) is 16.3 Å². The van der Waals surface area contributed by atoms with Crippen LogP contribution in [0, 0.1) is 0 Å². The molecule has 0 aliphatic carbocycles. The minimum atomic E-state index is -0.904. The number of esters is 1. The second kappa shape index (κ2) is 9.06. The quantitative estimate of drug-likeness (QED) is 0.271. The van der Waals surface area contributed by atoms with E-state index < -0.39 is 18.1 Å². The summed E-state index contributed by atoms with van der Waals surface area (Å²) in [4.78, 5) is 31.8. The monoisotopic (exact) mass is 440 g/mol. The number of hydrogen-bond acceptors (Lipinski definition) is 5. The molecule has 0 bridgehead atoms. The van der Waals surface area contributed by atoms with Gasteiger partial charge in [0.05, 0.1) is 5.04 Å². The van der Waals surface area contributed by atoms with Gasteiger partial charge >= 0.3 is 5.97 Å². The standard InChI is InChI=1S/C23H21ClN2O3S/c1-15(13-24)20(23(28)29-14-17-10-6-3-7-11-17)26-21(27)19-22(26)30-18(25-19)12-16-8-4-2-5-9-16/h2-11,19-20,22H,1,12-14H2. The fraction of sp³-hybridized carbons (Fsp3) is 0.261. The zero-order chi connectivity index (χ0) is 21.1. The molecule has 2 aliphatic heterocycles. The lowest BCUT2D eigenvalue weighted by atomic mass is 10.00. The number of carbonyl (C=O) groups is 2. The average molecular weight is 441 g/mol. The molecule has 1 fully saturated rings. The van der Waals surface area contributed by atoms with Gasteiger partial charge in [-0.1, -0.05) is 79.0 Å². The number of amides is 1. The Morgan fingerprint density at radius 2 is 1.77 bits per heavy atom. The van der Waals surface area contributed by atoms with E-state index in [1.807, 2.05) is 60.7 Å². The molecule has 7 heteroatoms. The summed E-state index contributed by atoms with van der Waals surface area (Å²) in [6, 6.07) is 18.0. The van der Waals surface area contributed by atoms with Crippen LogP contribution in [0.4, 0.5) is 0 Å². The SMILES string of the molecule is C=C(CCl)C(C(=O)OCc1ccccc1)N1C(=O)C2N=C(Cc3ccccc3)SC21. The normalized spacial score (nSPS) is 20.8. The third-order valence-electron chi connectivity index (χ3n) is 5.07. The largest absolute Gasteiger partial charge is 0.459 e. The van der Waals surface area contributed by atoms with Crippen molar-refractivity contribution in [3.63, 3.8) is 0 Å². The van der Waals surface area contributed by atoms with Crippen molar-refractivity contribution in [3.05, 3.63) is 83.9 Å². The molecule has 5 nitrogen and oxygen atoms in total. The Morgan fingerprint density at radius 3 is 2.40 bits per heavy atom. The first-order chi connectivity index (χ1) is 14.6. The lowest BCUT2D eigenvalue weighted by molar-refractivity contribution is -0.161. The predicted octanol–water partition coefficient (Wildman–Crippen LogP) is 3.82. The Balaban J connectivity index is 1.44. The van der Waals surface area contributed by atoms with E-state index >= 15 is 0 Å². The number of thioether (sulfide) groups is 1. The van der Waals surface area contributed by atoms with Gasteiger partial charge in [-0.05, 0) is 16.7 Å². The predicted molar refractivity (Wildman–Crippen MR) is 119 cm³/mol. The van der Waals surface area contributed by atoms with Crippen molar-refractivity contribution in [2.75, 3.05) is 5.88 Å². The molecular weight excluding hydrogens is 420 g/mol. The Labute approximate surface area is 184 Å². The summed E-state index contributed by atoms with van der Waals surface area (Å²) in [5.41, 5.74) is 2.45. The number of rotatable bonds is 8. The van der Waals surface area contributed by atoms with Gasteiger partial charge in [-0.2, -0.15) is 0 Å². The summed E-state index contributed by atoms with van der Waals surface area (Å²) in [5, 5.41) is 0.658. The molecule has 154 valence electrons. The summed E-state index contributed by atoms with van der Waals surface area (Å²) in [6.07, 6.45) is 0.666. The zero-order valence-corrected chi connectivity index (χ0v) is 17.8. The van der Waals surface area contributed by atoms with Crippen LogP contribution in [-0.2, 0) is 27.4 Å². The minimum Gasteiger partial charge on any atom is -0.459 e. The van der Waals surface area contributed by atoms with E-state index in [-0.39, 0.29) is 23.8 Å². The maximum atomic E-state index is 12.9. The molecule has 30 heavy (non-hydrogen) atoms. The number of aliphatic imine (C=N–C) groups is 1. The number of ether oxygens (including phenoxy) is 1. The lowest BCUT2D eigenvalue weighted by Gasteiger charge is -2.45. The van der Waals surface area contributed by atoms with Crippen LogP contribution < -0.4 is 0 Å². The van der Waals surface area contributed by atoms with Crippen LogP contribution >= 0.6 is 23.4 Å². The van der Waals surface area contributed by atoms with Gasteiger partial charge in [0.2, 0.25) is 0 Å². The molecule has 2 aliphatic rings. The number of fused-ring (bicyclic) bond motifs is 1. The number of halogens is 1. The molecule has 3 unspecified atom stereocenters. The molecule has 3 atom stereocenters. The number of carbonyl (C=O) groups excluding carboxylic acids is 2. The van der Waals surface area contributed by atoms with E-state index in [2.05, 4.69) is 11.6 Å². The molecular formula is C23H21ClN2O3S. The molecule has 2 aromatic carbocycles. The Bertz CT molecular complexity index is 980. The zero-order valence-electron chi connectivity index (χ0n) is 16.2. The van der Waals surface area contributed by atoms with Crippen molar-refractivity contribution >= 4 is 40.3 Å². The van der Waals surface area contributed by atoms with Crippen LogP contribution in [0.2, 0.25) is 0 Å². The number of alkyl halides is 1. The van der Waals surface area contributed by atoms with Crippen molar-refractivity contribution < 1.29 is 14.3 Å². The fourth-order valence-corrected chi connectivity index (χ4v) is 5.02. The van der Waals surface area contributed by atoms with Gasteiger partial charge in [0, 0.05) is 12.3 Å². The number of benzene rings is 2. The molecule has 0 saturated carbocycles. The van der Waals surface area contributed by atoms with Crippen LogP contribution in [0.25, 0.3) is 0 Å². The first-order valence-electron chi connectivity index (χ1n) is 9.62.